The van der Waals surface area contributed by atoms with Gasteiger partial charge in [-0.2, -0.15) is 11.8 Å². The third kappa shape index (κ3) is 4.40. The number of carboxylic acid groups (broad SMARTS) is 1. The molecule has 1 rings (SSSR count). The molecule has 0 radical (unpaired) electrons. The average molecular weight is 258 g/mol. The molecule has 1 aromatic heterocycles. The van der Waals surface area contributed by atoms with Crippen LogP contribution in [0, 0.1) is 0 Å². The summed E-state index contributed by atoms with van der Waals surface area (Å²) >= 11 is 1.82. The monoisotopic (exact) mass is 258 g/mol. The molecule has 17 heavy (non-hydrogen) atoms. The van der Waals surface area contributed by atoms with E-state index in [1.54, 1.807) is 0 Å². The van der Waals surface area contributed by atoms with Crippen LogP contribution in [0.4, 0.5) is 0 Å². The molecule has 1 N–H and O–H groups in total. The van der Waals surface area contributed by atoms with Gasteiger partial charge in [0.15, 0.2) is 11.5 Å². The van der Waals surface area contributed by atoms with Gasteiger partial charge in [-0.25, -0.2) is 4.79 Å². The Kier molecular flexibility index (Phi) is 5.50. The average Bonchev–Trinajstić information content (AvgIpc) is 2.74. The van der Waals surface area contributed by atoms with E-state index in [1.807, 2.05) is 18.8 Å². The summed E-state index contributed by atoms with van der Waals surface area (Å²) < 4.78 is 4.97. The zero-order valence-electron chi connectivity index (χ0n) is 10.3. The molecule has 0 aliphatic rings. The second-order valence-electron chi connectivity index (χ2n) is 4.03. The molecule has 0 amide bonds. The first kappa shape index (κ1) is 14.1. The summed E-state index contributed by atoms with van der Waals surface area (Å²) in [5, 5.41) is 12.2. The van der Waals surface area contributed by atoms with Crippen LogP contribution in [0.2, 0.25) is 0 Å². The lowest BCUT2D eigenvalue weighted by Gasteiger charge is -2.22. The van der Waals surface area contributed by atoms with Crippen molar-refractivity contribution in [2.75, 3.05) is 19.1 Å². The van der Waals surface area contributed by atoms with Gasteiger partial charge in [0.05, 0.1) is 6.54 Å². The third-order valence-corrected chi connectivity index (χ3v) is 3.32. The molecule has 1 unspecified atom stereocenters. The van der Waals surface area contributed by atoms with E-state index in [4.69, 9.17) is 9.63 Å². The Labute approximate surface area is 105 Å². The Hall–Kier alpha value is -1.01. The van der Waals surface area contributed by atoms with E-state index in [-0.39, 0.29) is 5.69 Å². The van der Waals surface area contributed by atoms with Gasteiger partial charge in [-0.3, -0.25) is 4.90 Å². The second-order valence-corrected chi connectivity index (χ2v) is 5.01. The van der Waals surface area contributed by atoms with Crippen molar-refractivity contribution in [1.82, 2.24) is 10.1 Å². The Morgan fingerprint density at radius 2 is 2.41 bits per heavy atom. The van der Waals surface area contributed by atoms with Gasteiger partial charge in [0.1, 0.15) is 0 Å². The number of carboxylic acids is 1. The van der Waals surface area contributed by atoms with Gasteiger partial charge in [-0.1, -0.05) is 5.16 Å². The first-order chi connectivity index (χ1) is 8.04. The zero-order chi connectivity index (χ0) is 12.8. The molecule has 96 valence electrons. The molecule has 0 aromatic carbocycles. The number of hydrogen-bond acceptors (Lipinski definition) is 5. The summed E-state index contributed by atoms with van der Waals surface area (Å²) in [6, 6.07) is 1.90. The van der Waals surface area contributed by atoms with E-state index in [1.165, 1.54) is 6.07 Å². The Bertz CT molecular complexity index is 367. The molecule has 0 saturated heterocycles. The Morgan fingerprint density at radius 3 is 2.94 bits per heavy atom. The predicted molar refractivity (Wildman–Crippen MR) is 67.4 cm³/mol. The molecule has 0 spiro atoms. The zero-order valence-corrected chi connectivity index (χ0v) is 11.2. The highest BCUT2D eigenvalue weighted by Crippen LogP contribution is 2.11. The van der Waals surface area contributed by atoms with Crippen LogP contribution in [0.1, 0.15) is 29.6 Å². The summed E-state index contributed by atoms with van der Waals surface area (Å²) in [6.07, 6.45) is 3.18. The fraction of sp³-hybridized carbons (Fsp3) is 0.636. The summed E-state index contributed by atoms with van der Waals surface area (Å²) in [6.45, 7) is 2.72. The second kappa shape index (κ2) is 6.66. The van der Waals surface area contributed by atoms with Crippen LogP contribution in [-0.4, -0.2) is 46.2 Å². The fourth-order valence-corrected chi connectivity index (χ4v) is 1.98. The van der Waals surface area contributed by atoms with E-state index in [9.17, 15) is 4.79 Å². The first-order valence-electron chi connectivity index (χ1n) is 5.42. The lowest BCUT2D eigenvalue weighted by Crippen LogP contribution is -2.28. The van der Waals surface area contributed by atoms with Crippen molar-refractivity contribution in [1.29, 1.82) is 0 Å². The highest BCUT2D eigenvalue weighted by Gasteiger charge is 2.14. The standard InChI is InChI=1S/C11H18N2O3S/c1-8(4-5-17-3)13(2)7-9-6-10(11(14)15)12-16-9/h6,8H,4-5,7H2,1-3H3,(H,14,15). The van der Waals surface area contributed by atoms with Crippen molar-refractivity contribution >= 4 is 17.7 Å². The number of thioether (sulfide) groups is 1. The van der Waals surface area contributed by atoms with Crippen LogP contribution in [0.25, 0.3) is 0 Å². The fourth-order valence-electron chi connectivity index (χ4n) is 1.40. The topological polar surface area (TPSA) is 66.6 Å². The minimum absolute atomic E-state index is 0.0369. The maximum absolute atomic E-state index is 10.6. The summed E-state index contributed by atoms with van der Waals surface area (Å²) in [4.78, 5) is 12.8. The normalized spacial score (nSPS) is 12.9. The van der Waals surface area contributed by atoms with Crippen molar-refractivity contribution in [2.24, 2.45) is 0 Å². The Morgan fingerprint density at radius 1 is 1.71 bits per heavy atom. The molecule has 1 heterocycles. The lowest BCUT2D eigenvalue weighted by molar-refractivity contribution is 0.0685. The number of aromatic carboxylic acids is 1. The smallest absolute Gasteiger partial charge is 0.358 e. The SMILES string of the molecule is CSCCC(C)N(C)Cc1cc(C(=O)O)no1. The molecule has 5 nitrogen and oxygen atoms in total. The van der Waals surface area contributed by atoms with Crippen LogP contribution in [0.3, 0.4) is 0 Å². The largest absolute Gasteiger partial charge is 0.476 e. The van der Waals surface area contributed by atoms with Crippen molar-refractivity contribution < 1.29 is 14.4 Å². The van der Waals surface area contributed by atoms with Gasteiger partial charge in [-0.05, 0) is 32.4 Å². The van der Waals surface area contributed by atoms with Crippen LogP contribution >= 0.6 is 11.8 Å². The van der Waals surface area contributed by atoms with Gasteiger partial charge in [0.25, 0.3) is 0 Å². The van der Waals surface area contributed by atoms with Crippen molar-refractivity contribution in [3.05, 3.63) is 17.5 Å². The molecule has 0 fully saturated rings. The van der Waals surface area contributed by atoms with E-state index in [2.05, 4.69) is 23.2 Å². The third-order valence-electron chi connectivity index (χ3n) is 2.68. The quantitative estimate of drug-likeness (QED) is 0.806. The van der Waals surface area contributed by atoms with Gasteiger partial charge >= 0.3 is 5.97 Å². The lowest BCUT2D eigenvalue weighted by atomic mass is 10.2. The molecular weight excluding hydrogens is 240 g/mol. The molecular formula is C11H18N2O3S. The minimum atomic E-state index is -1.06. The maximum atomic E-state index is 10.6. The van der Waals surface area contributed by atoms with Gasteiger partial charge in [0, 0.05) is 12.1 Å². The van der Waals surface area contributed by atoms with Crippen LogP contribution < -0.4 is 0 Å². The number of hydrogen-bond donors (Lipinski definition) is 1. The summed E-state index contributed by atoms with van der Waals surface area (Å²) in [5.41, 5.74) is -0.0369. The molecule has 0 saturated carbocycles. The molecule has 6 heteroatoms. The van der Waals surface area contributed by atoms with Crippen LogP contribution in [-0.2, 0) is 6.54 Å². The number of aromatic nitrogens is 1. The molecule has 1 atom stereocenters. The maximum Gasteiger partial charge on any atom is 0.358 e. The van der Waals surface area contributed by atoms with Crippen LogP contribution in [0.5, 0.6) is 0 Å². The minimum Gasteiger partial charge on any atom is -0.476 e. The van der Waals surface area contributed by atoms with E-state index in [0.29, 0.717) is 18.3 Å². The number of rotatable bonds is 7. The van der Waals surface area contributed by atoms with Gasteiger partial charge in [0.2, 0.25) is 0 Å². The van der Waals surface area contributed by atoms with Gasteiger partial charge in [-0.15, -0.1) is 0 Å². The van der Waals surface area contributed by atoms with E-state index < -0.39 is 5.97 Å². The molecule has 0 bridgehead atoms. The van der Waals surface area contributed by atoms with Crippen molar-refractivity contribution in [3.8, 4) is 0 Å². The van der Waals surface area contributed by atoms with E-state index >= 15 is 0 Å². The number of nitrogens with zero attached hydrogens (tertiary/aromatic N) is 2. The highest BCUT2D eigenvalue weighted by atomic mass is 32.2. The number of carbonyl (C=O) groups is 1. The molecule has 0 aliphatic carbocycles. The first-order valence-corrected chi connectivity index (χ1v) is 6.82. The van der Waals surface area contributed by atoms with E-state index in [0.717, 1.165) is 12.2 Å². The van der Waals surface area contributed by atoms with Crippen molar-refractivity contribution in [2.45, 2.75) is 25.9 Å². The predicted octanol–water partition coefficient (Wildman–Crippen LogP) is 1.95. The Balaban J connectivity index is 2.49. The molecule has 1 aromatic rings. The van der Waals surface area contributed by atoms with Crippen LogP contribution in [0.15, 0.2) is 10.6 Å². The summed E-state index contributed by atoms with van der Waals surface area (Å²) in [7, 11) is 1.99. The molecule has 0 aliphatic heterocycles. The summed E-state index contributed by atoms with van der Waals surface area (Å²) in [5.74, 6) is 0.640. The van der Waals surface area contributed by atoms with Crippen molar-refractivity contribution in [3.63, 3.8) is 0 Å². The van der Waals surface area contributed by atoms with Gasteiger partial charge < -0.3 is 9.63 Å². The highest BCUT2D eigenvalue weighted by molar-refractivity contribution is 7.98.